The van der Waals surface area contributed by atoms with Crippen LogP contribution in [0.1, 0.15) is 49.5 Å². The molecule has 2 saturated carbocycles. The molecular weight excluding hydrogens is 358 g/mol. The van der Waals surface area contributed by atoms with E-state index in [1.165, 1.54) is 11.8 Å². The van der Waals surface area contributed by atoms with E-state index in [-0.39, 0.29) is 11.1 Å². The number of nitrogens with zero attached hydrogens (tertiary/aromatic N) is 1. The van der Waals surface area contributed by atoms with Crippen molar-refractivity contribution in [3.8, 4) is 5.75 Å². The molecule has 0 radical (unpaired) electrons. The summed E-state index contributed by atoms with van der Waals surface area (Å²) in [5, 5.41) is 9.28. The molecule has 0 amide bonds. The Labute approximate surface area is 165 Å². The van der Waals surface area contributed by atoms with Crippen molar-refractivity contribution >= 4 is 5.97 Å². The van der Waals surface area contributed by atoms with Crippen LogP contribution >= 0.6 is 0 Å². The molecule has 152 valence electrons. The first-order chi connectivity index (χ1) is 13.5. The molecule has 1 aliphatic heterocycles. The second kappa shape index (κ2) is 7.84. The van der Waals surface area contributed by atoms with E-state index in [2.05, 4.69) is 18.5 Å². The predicted molar refractivity (Wildman–Crippen MR) is 103 cm³/mol. The fourth-order valence-electron chi connectivity index (χ4n) is 5.80. The van der Waals surface area contributed by atoms with Gasteiger partial charge >= 0.3 is 5.97 Å². The molecule has 6 heteroatoms. The second-order valence-electron chi connectivity index (χ2n) is 8.55. The first-order valence-corrected chi connectivity index (χ1v) is 10.2. The molecule has 6 nitrogen and oxygen atoms in total. The normalized spacial score (nSPS) is 35.0. The summed E-state index contributed by atoms with van der Waals surface area (Å²) in [5.41, 5.74) is 1.42. The lowest BCUT2D eigenvalue weighted by molar-refractivity contribution is -0.218. The van der Waals surface area contributed by atoms with Crippen LogP contribution in [-0.2, 0) is 9.47 Å². The number of aromatic carboxylic acids is 1. The number of pyridine rings is 1. The van der Waals surface area contributed by atoms with Crippen molar-refractivity contribution in [2.24, 2.45) is 23.2 Å². The van der Waals surface area contributed by atoms with Crippen LogP contribution in [-0.4, -0.2) is 42.2 Å². The zero-order valence-corrected chi connectivity index (χ0v) is 16.4. The fraction of sp³-hybridized carbons (Fsp3) is 0.636. The van der Waals surface area contributed by atoms with E-state index in [4.69, 9.17) is 14.2 Å². The maximum absolute atomic E-state index is 11.3. The van der Waals surface area contributed by atoms with Crippen LogP contribution in [0.5, 0.6) is 5.75 Å². The lowest BCUT2D eigenvalue weighted by Gasteiger charge is -2.57. The zero-order chi connectivity index (χ0) is 19.7. The van der Waals surface area contributed by atoms with Gasteiger partial charge in [0.15, 0.2) is 11.4 Å². The molecule has 0 aromatic carbocycles. The van der Waals surface area contributed by atoms with Crippen molar-refractivity contribution in [2.45, 2.75) is 45.1 Å². The van der Waals surface area contributed by atoms with Crippen LogP contribution in [0.15, 0.2) is 30.5 Å². The standard InChI is InChI=1S/C22H29NO5/c1-14-5-6-17-15-12-26-13-28-18(15)7-9-22(17,2)16(14)8-11-27-19-4-3-10-23-20(19)21(24)25/h3-4,10,15-18H,1,5-9,11-13H2,2H3,(H,24,25). The first kappa shape index (κ1) is 19.4. The Morgan fingerprint density at radius 1 is 1.46 bits per heavy atom. The molecule has 3 fully saturated rings. The zero-order valence-electron chi connectivity index (χ0n) is 16.4. The summed E-state index contributed by atoms with van der Waals surface area (Å²) in [7, 11) is 0. The molecule has 1 N–H and O–H groups in total. The number of hydrogen-bond acceptors (Lipinski definition) is 5. The summed E-state index contributed by atoms with van der Waals surface area (Å²) in [4.78, 5) is 15.2. The number of carboxylic acid groups (broad SMARTS) is 1. The average Bonchev–Trinajstić information content (AvgIpc) is 2.70. The van der Waals surface area contributed by atoms with Crippen molar-refractivity contribution in [2.75, 3.05) is 20.0 Å². The van der Waals surface area contributed by atoms with Gasteiger partial charge in [-0.2, -0.15) is 0 Å². The number of allylic oxidation sites excluding steroid dienone is 1. The van der Waals surface area contributed by atoms with Crippen LogP contribution in [0.4, 0.5) is 0 Å². The highest BCUT2D eigenvalue weighted by atomic mass is 16.7. The summed E-state index contributed by atoms with van der Waals surface area (Å²) in [5.74, 6) is 0.645. The van der Waals surface area contributed by atoms with Gasteiger partial charge in [-0.15, -0.1) is 0 Å². The number of fused-ring (bicyclic) bond motifs is 3. The molecule has 5 atom stereocenters. The van der Waals surface area contributed by atoms with Crippen molar-refractivity contribution < 1.29 is 24.1 Å². The number of hydrogen-bond donors (Lipinski definition) is 1. The van der Waals surface area contributed by atoms with Gasteiger partial charge in [0.2, 0.25) is 0 Å². The maximum atomic E-state index is 11.3. The van der Waals surface area contributed by atoms with Crippen LogP contribution in [0.25, 0.3) is 0 Å². The Morgan fingerprint density at radius 2 is 2.32 bits per heavy atom. The molecule has 2 aliphatic carbocycles. The minimum atomic E-state index is -1.07. The summed E-state index contributed by atoms with van der Waals surface area (Å²) in [6.45, 7) is 8.45. The van der Waals surface area contributed by atoms with Gasteiger partial charge in [0.1, 0.15) is 6.79 Å². The molecule has 0 bridgehead atoms. The third-order valence-electron chi connectivity index (χ3n) is 7.19. The Morgan fingerprint density at radius 3 is 3.14 bits per heavy atom. The van der Waals surface area contributed by atoms with E-state index in [1.807, 2.05) is 0 Å². The molecule has 1 saturated heterocycles. The topological polar surface area (TPSA) is 77.9 Å². The molecule has 3 aliphatic rings. The highest BCUT2D eigenvalue weighted by Crippen LogP contribution is 2.58. The van der Waals surface area contributed by atoms with Gasteiger partial charge in [-0.05, 0) is 61.5 Å². The van der Waals surface area contributed by atoms with Crippen LogP contribution in [0.3, 0.4) is 0 Å². The SMILES string of the molecule is C=C1CCC2C3COCOC3CCC2(C)C1CCOc1cccnc1C(=O)O. The number of ether oxygens (including phenoxy) is 3. The minimum Gasteiger partial charge on any atom is -0.491 e. The molecule has 2 heterocycles. The van der Waals surface area contributed by atoms with Gasteiger partial charge in [0, 0.05) is 12.1 Å². The van der Waals surface area contributed by atoms with Crippen molar-refractivity contribution in [1.82, 2.24) is 4.98 Å². The summed E-state index contributed by atoms with van der Waals surface area (Å²) < 4.78 is 17.4. The second-order valence-corrected chi connectivity index (χ2v) is 8.55. The molecule has 5 unspecified atom stereocenters. The number of carbonyl (C=O) groups is 1. The Bertz CT molecular complexity index is 750. The monoisotopic (exact) mass is 387 g/mol. The lowest BCUT2D eigenvalue weighted by Crippen LogP contribution is -2.54. The molecule has 1 aromatic heterocycles. The van der Waals surface area contributed by atoms with Crippen LogP contribution < -0.4 is 4.74 Å². The molecule has 0 spiro atoms. The molecular formula is C22H29NO5. The van der Waals surface area contributed by atoms with Gasteiger partial charge in [-0.25, -0.2) is 9.78 Å². The van der Waals surface area contributed by atoms with Crippen molar-refractivity contribution in [1.29, 1.82) is 0 Å². The van der Waals surface area contributed by atoms with Gasteiger partial charge in [-0.1, -0.05) is 19.1 Å². The fourth-order valence-corrected chi connectivity index (χ4v) is 5.80. The third kappa shape index (κ3) is 3.44. The van der Waals surface area contributed by atoms with E-state index in [0.29, 0.717) is 43.0 Å². The van der Waals surface area contributed by atoms with Crippen LogP contribution in [0.2, 0.25) is 0 Å². The highest BCUT2D eigenvalue weighted by Gasteiger charge is 2.53. The average molecular weight is 387 g/mol. The van der Waals surface area contributed by atoms with E-state index in [1.54, 1.807) is 12.1 Å². The lowest BCUT2D eigenvalue weighted by atomic mass is 9.50. The largest absolute Gasteiger partial charge is 0.491 e. The summed E-state index contributed by atoms with van der Waals surface area (Å²) >= 11 is 0. The van der Waals surface area contributed by atoms with Gasteiger partial charge in [0.25, 0.3) is 0 Å². The van der Waals surface area contributed by atoms with Crippen molar-refractivity contribution in [3.05, 3.63) is 36.2 Å². The molecule has 1 aromatic rings. The van der Waals surface area contributed by atoms with Gasteiger partial charge < -0.3 is 19.3 Å². The Kier molecular flexibility index (Phi) is 5.43. The predicted octanol–water partition coefficient (Wildman–Crippen LogP) is 3.92. The van der Waals surface area contributed by atoms with E-state index in [0.717, 1.165) is 38.7 Å². The van der Waals surface area contributed by atoms with E-state index >= 15 is 0 Å². The smallest absolute Gasteiger partial charge is 0.358 e. The first-order valence-electron chi connectivity index (χ1n) is 10.2. The van der Waals surface area contributed by atoms with E-state index in [9.17, 15) is 9.90 Å². The maximum Gasteiger partial charge on any atom is 0.358 e. The van der Waals surface area contributed by atoms with Gasteiger partial charge in [-0.3, -0.25) is 0 Å². The highest BCUT2D eigenvalue weighted by molar-refractivity contribution is 5.88. The number of aromatic nitrogens is 1. The summed E-state index contributed by atoms with van der Waals surface area (Å²) in [6.07, 6.45) is 6.99. The third-order valence-corrected chi connectivity index (χ3v) is 7.19. The quantitative estimate of drug-likeness (QED) is 0.772. The minimum absolute atomic E-state index is 0.0360. The molecule has 4 rings (SSSR count). The number of rotatable bonds is 5. The summed E-state index contributed by atoms with van der Waals surface area (Å²) in [6, 6.07) is 3.36. The van der Waals surface area contributed by atoms with Gasteiger partial charge in [0.05, 0.1) is 19.3 Å². The van der Waals surface area contributed by atoms with Crippen molar-refractivity contribution in [3.63, 3.8) is 0 Å². The Hall–Kier alpha value is -1.92. The van der Waals surface area contributed by atoms with Crippen LogP contribution in [0, 0.1) is 23.2 Å². The molecule has 28 heavy (non-hydrogen) atoms. The van der Waals surface area contributed by atoms with E-state index < -0.39 is 5.97 Å². The number of carboxylic acids is 1. The Balaban J connectivity index is 1.46.